The van der Waals surface area contributed by atoms with E-state index in [0.29, 0.717) is 26.1 Å². The molecule has 106 valence electrons. The lowest BCUT2D eigenvalue weighted by Crippen LogP contribution is -2.23. The Balaban J connectivity index is 2.33. The predicted molar refractivity (Wildman–Crippen MR) is 76.5 cm³/mol. The molecule has 4 nitrogen and oxygen atoms in total. The lowest BCUT2D eigenvalue weighted by molar-refractivity contribution is -0.121. The number of nitrogens with one attached hydrogen (secondary N) is 1. The molecule has 0 atom stereocenters. The van der Waals surface area contributed by atoms with Crippen LogP contribution in [0, 0.1) is 0 Å². The van der Waals surface area contributed by atoms with Crippen molar-refractivity contribution in [2.45, 2.75) is 38.8 Å². The standard InChI is InChI=1S/C15H24N2O2/c1-19-12-14-8-5-4-7-13(14)11-17-15(18)9-3-2-6-10-16/h4-5,7-8H,2-3,6,9-12,16H2,1H3,(H,17,18). The van der Waals surface area contributed by atoms with Crippen LogP contribution in [0.2, 0.25) is 0 Å². The van der Waals surface area contributed by atoms with Gasteiger partial charge in [0, 0.05) is 20.1 Å². The third-order valence-electron chi connectivity index (χ3n) is 3.00. The van der Waals surface area contributed by atoms with Crippen molar-refractivity contribution in [3.63, 3.8) is 0 Å². The second-order valence-corrected chi connectivity index (χ2v) is 4.58. The summed E-state index contributed by atoms with van der Waals surface area (Å²) < 4.78 is 5.14. The summed E-state index contributed by atoms with van der Waals surface area (Å²) in [5.74, 6) is 0.101. The minimum atomic E-state index is 0.101. The van der Waals surface area contributed by atoms with Gasteiger partial charge in [-0.15, -0.1) is 0 Å². The van der Waals surface area contributed by atoms with Gasteiger partial charge in [0.1, 0.15) is 0 Å². The van der Waals surface area contributed by atoms with Crippen LogP contribution in [0.4, 0.5) is 0 Å². The smallest absolute Gasteiger partial charge is 0.220 e. The molecule has 0 fully saturated rings. The molecule has 0 bridgehead atoms. The van der Waals surface area contributed by atoms with E-state index in [-0.39, 0.29) is 5.91 Å². The number of hydrogen-bond donors (Lipinski definition) is 2. The summed E-state index contributed by atoms with van der Waals surface area (Å²) in [6, 6.07) is 7.99. The van der Waals surface area contributed by atoms with Crippen molar-refractivity contribution in [3.8, 4) is 0 Å². The number of ether oxygens (including phenoxy) is 1. The van der Waals surface area contributed by atoms with Gasteiger partial charge in [0.2, 0.25) is 5.91 Å². The molecule has 19 heavy (non-hydrogen) atoms. The molecule has 1 amide bonds. The van der Waals surface area contributed by atoms with Crippen molar-refractivity contribution < 1.29 is 9.53 Å². The molecule has 0 aliphatic rings. The van der Waals surface area contributed by atoms with E-state index in [0.717, 1.165) is 30.4 Å². The number of carbonyl (C=O) groups is 1. The first kappa shape index (κ1) is 15.7. The van der Waals surface area contributed by atoms with E-state index < -0.39 is 0 Å². The van der Waals surface area contributed by atoms with Crippen LogP contribution in [0.25, 0.3) is 0 Å². The molecular formula is C15H24N2O2. The summed E-state index contributed by atoms with van der Waals surface area (Å²) >= 11 is 0. The van der Waals surface area contributed by atoms with Crippen LogP contribution < -0.4 is 11.1 Å². The molecule has 1 aromatic carbocycles. The van der Waals surface area contributed by atoms with E-state index in [4.69, 9.17) is 10.5 Å². The van der Waals surface area contributed by atoms with Crippen LogP contribution in [0.3, 0.4) is 0 Å². The van der Waals surface area contributed by atoms with Crippen molar-refractivity contribution >= 4 is 5.91 Å². The third-order valence-corrected chi connectivity index (χ3v) is 3.00. The summed E-state index contributed by atoms with van der Waals surface area (Å²) in [5, 5.41) is 2.95. The van der Waals surface area contributed by atoms with Crippen LogP contribution in [-0.2, 0) is 22.7 Å². The molecule has 0 unspecified atom stereocenters. The highest BCUT2D eigenvalue weighted by Gasteiger charge is 2.04. The van der Waals surface area contributed by atoms with E-state index in [1.54, 1.807) is 7.11 Å². The molecule has 0 saturated heterocycles. The highest BCUT2D eigenvalue weighted by atomic mass is 16.5. The van der Waals surface area contributed by atoms with Crippen molar-refractivity contribution in [1.82, 2.24) is 5.32 Å². The zero-order valence-electron chi connectivity index (χ0n) is 11.7. The Morgan fingerprint density at radius 1 is 1.21 bits per heavy atom. The number of methoxy groups -OCH3 is 1. The van der Waals surface area contributed by atoms with E-state index in [1.807, 2.05) is 24.3 Å². The predicted octanol–water partition coefficient (Wildman–Crippen LogP) is 1.97. The quantitative estimate of drug-likeness (QED) is 0.670. The Morgan fingerprint density at radius 2 is 1.95 bits per heavy atom. The average molecular weight is 264 g/mol. The highest BCUT2D eigenvalue weighted by molar-refractivity contribution is 5.75. The van der Waals surface area contributed by atoms with Gasteiger partial charge >= 0.3 is 0 Å². The van der Waals surface area contributed by atoms with Crippen molar-refractivity contribution in [2.24, 2.45) is 5.73 Å². The lowest BCUT2D eigenvalue weighted by atomic mass is 10.1. The summed E-state index contributed by atoms with van der Waals surface area (Å²) in [4.78, 5) is 11.7. The molecule has 0 aliphatic carbocycles. The lowest BCUT2D eigenvalue weighted by Gasteiger charge is -2.10. The number of carbonyl (C=O) groups excluding carboxylic acids is 1. The third kappa shape index (κ3) is 6.36. The highest BCUT2D eigenvalue weighted by Crippen LogP contribution is 2.09. The molecule has 0 heterocycles. The van der Waals surface area contributed by atoms with Crippen LogP contribution in [-0.4, -0.2) is 19.6 Å². The first-order valence-corrected chi connectivity index (χ1v) is 6.80. The Kier molecular flexibility index (Phi) is 7.86. The topological polar surface area (TPSA) is 64.3 Å². The normalized spacial score (nSPS) is 10.4. The van der Waals surface area contributed by atoms with E-state index >= 15 is 0 Å². The molecule has 0 aromatic heterocycles. The fourth-order valence-corrected chi connectivity index (χ4v) is 1.92. The summed E-state index contributed by atoms with van der Waals surface area (Å²) in [5.41, 5.74) is 7.64. The fourth-order valence-electron chi connectivity index (χ4n) is 1.92. The second kappa shape index (κ2) is 9.53. The van der Waals surface area contributed by atoms with Gasteiger partial charge in [-0.1, -0.05) is 30.7 Å². The number of rotatable bonds is 9. The minimum Gasteiger partial charge on any atom is -0.380 e. The molecular weight excluding hydrogens is 240 g/mol. The number of nitrogens with two attached hydrogens (primary N) is 1. The van der Waals surface area contributed by atoms with Gasteiger partial charge in [-0.2, -0.15) is 0 Å². The summed E-state index contributed by atoms with van der Waals surface area (Å²) in [6.45, 7) is 1.84. The van der Waals surface area contributed by atoms with Crippen LogP contribution in [0.15, 0.2) is 24.3 Å². The first-order valence-electron chi connectivity index (χ1n) is 6.80. The van der Waals surface area contributed by atoms with Crippen molar-refractivity contribution in [3.05, 3.63) is 35.4 Å². The van der Waals surface area contributed by atoms with Gasteiger partial charge in [0.15, 0.2) is 0 Å². The van der Waals surface area contributed by atoms with Gasteiger partial charge in [0.05, 0.1) is 6.61 Å². The number of unbranched alkanes of at least 4 members (excludes halogenated alkanes) is 2. The van der Waals surface area contributed by atoms with Gasteiger partial charge in [-0.3, -0.25) is 4.79 Å². The molecule has 0 radical (unpaired) electrons. The van der Waals surface area contributed by atoms with Gasteiger partial charge in [-0.25, -0.2) is 0 Å². The number of hydrogen-bond acceptors (Lipinski definition) is 3. The molecule has 4 heteroatoms. The molecule has 3 N–H and O–H groups in total. The molecule has 0 aliphatic heterocycles. The monoisotopic (exact) mass is 264 g/mol. The molecule has 0 spiro atoms. The van der Waals surface area contributed by atoms with E-state index in [9.17, 15) is 4.79 Å². The molecule has 1 rings (SSSR count). The summed E-state index contributed by atoms with van der Waals surface area (Å²) in [7, 11) is 1.67. The average Bonchev–Trinajstić information content (AvgIpc) is 2.43. The van der Waals surface area contributed by atoms with E-state index in [1.165, 1.54) is 0 Å². The fraction of sp³-hybridized carbons (Fsp3) is 0.533. The summed E-state index contributed by atoms with van der Waals surface area (Å²) in [6.07, 6.45) is 3.49. The maximum atomic E-state index is 11.7. The molecule has 1 aromatic rings. The largest absolute Gasteiger partial charge is 0.380 e. The maximum absolute atomic E-state index is 11.7. The number of benzene rings is 1. The van der Waals surface area contributed by atoms with Crippen molar-refractivity contribution in [2.75, 3.05) is 13.7 Å². The van der Waals surface area contributed by atoms with Gasteiger partial charge in [0.25, 0.3) is 0 Å². The zero-order chi connectivity index (χ0) is 13.9. The first-order chi connectivity index (χ1) is 9.27. The van der Waals surface area contributed by atoms with Crippen molar-refractivity contribution in [1.29, 1.82) is 0 Å². The SMILES string of the molecule is COCc1ccccc1CNC(=O)CCCCCN. The minimum absolute atomic E-state index is 0.101. The van der Waals surface area contributed by atoms with Gasteiger partial charge < -0.3 is 15.8 Å². The Morgan fingerprint density at radius 3 is 2.63 bits per heavy atom. The Hall–Kier alpha value is -1.39. The molecule has 0 saturated carbocycles. The van der Waals surface area contributed by atoms with E-state index in [2.05, 4.69) is 5.32 Å². The Labute approximate surface area is 115 Å². The van der Waals surface area contributed by atoms with Crippen LogP contribution >= 0.6 is 0 Å². The van der Waals surface area contributed by atoms with Crippen LogP contribution in [0.1, 0.15) is 36.8 Å². The van der Waals surface area contributed by atoms with Gasteiger partial charge in [-0.05, 0) is 30.5 Å². The second-order valence-electron chi connectivity index (χ2n) is 4.58. The zero-order valence-corrected chi connectivity index (χ0v) is 11.7. The number of amides is 1. The van der Waals surface area contributed by atoms with Crippen LogP contribution in [0.5, 0.6) is 0 Å². The Bertz CT molecular complexity index is 380. The maximum Gasteiger partial charge on any atom is 0.220 e.